The molecule has 2 rings (SSSR count). The van der Waals surface area contributed by atoms with Gasteiger partial charge in [0.25, 0.3) is 0 Å². The van der Waals surface area contributed by atoms with Crippen LogP contribution in [0.5, 0.6) is 0 Å². The lowest BCUT2D eigenvalue weighted by atomic mass is 9.96. The number of carbonyl (C=O) groups excluding carboxylic acids is 1. The van der Waals surface area contributed by atoms with Crippen molar-refractivity contribution in [2.75, 3.05) is 31.1 Å². The van der Waals surface area contributed by atoms with E-state index in [1.807, 2.05) is 11.8 Å². The predicted octanol–water partition coefficient (Wildman–Crippen LogP) is 0.937. The van der Waals surface area contributed by atoms with Crippen molar-refractivity contribution in [1.29, 1.82) is 0 Å². The van der Waals surface area contributed by atoms with E-state index in [4.69, 9.17) is 5.73 Å². The third-order valence-electron chi connectivity index (χ3n) is 3.54. The van der Waals surface area contributed by atoms with Gasteiger partial charge in [-0.15, -0.1) is 0 Å². The zero-order valence-corrected chi connectivity index (χ0v) is 9.97. The Labute approximate surface area is 95.8 Å². The molecule has 2 saturated heterocycles. The van der Waals surface area contributed by atoms with Crippen LogP contribution in [0.4, 0.5) is 0 Å². The van der Waals surface area contributed by atoms with Gasteiger partial charge in [-0.2, -0.15) is 11.8 Å². The van der Waals surface area contributed by atoms with Gasteiger partial charge in [-0.3, -0.25) is 4.79 Å². The second kappa shape index (κ2) is 5.21. The Morgan fingerprint density at radius 3 is 2.60 bits per heavy atom. The topological polar surface area (TPSA) is 46.3 Å². The summed E-state index contributed by atoms with van der Waals surface area (Å²) in [5, 5.41) is 0. The number of piperidine rings is 1. The van der Waals surface area contributed by atoms with Crippen LogP contribution in [0.25, 0.3) is 0 Å². The van der Waals surface area contributed by atoms with Gasteiger partial charge in [0, 0.05) is 24.8 Å². The highest BCUT2D eigenvalue weighted by atomic mass is 32.2. The first-order chi connectivity index (χ1) is 7.31. The Bertz CT molecular complexity index is 221. The molecule has 2 N–H and O–H groups in total. The van der Waals surface area contributed by atoms with Crippen LogP contribution in [-0.4, -0.2) is 41.9 Å². The molecule has 0 aliphatic carbocycles. The zero-order chi connectivity index (χ0) is 10.7. The SMILES string of the molecule is NCC1CCN(C(=O)C2CCSC2)CC1. The van der Waals surface area contributed by atoms with Crippen LogP contribution in [0.3, 0.4) is 0 Å². The predicted molar refractivity (Wildman–Crippen MR) is 63.8 cm³/mol. The van der Waals surface area contributed by atoms with Crippen LogP contribution < -0.4 is 5.73 Å². The van der Waals surface area contributed by atoms with Crippen molar-refractivity contribution in [3.8, 4) is 0 Å². The van der Waals surface area contributed by atoms with E-state index in [0.29, 0.717) is 17.7 Å². The maximum absolute atomic E-state index is 12.1. The normalized spacial score (nSPS) is 28.3. The van der Waals surface area contributed by atoms with E-state index in [1.165, 1.54) is 0 Å². The average Bonchev–Trinajstić information content (AvgIpc) is 2.82. The first-order valence-electron chi connectivity index (χ1n) is 5.88. The van der Waals surface area contributed by atoms with Crippen molar-refractivity contribution in [2.24, 2.45) is 17.6 Å². The van der Waals surface area contributed by atoms with Crippen LogP contribution in [0.1, 0.15) is 19.3 Å². The maximum atomic E-state index is 12.1. The smallest absolute Gasteiger partial charge is 0.226 e. The summed E-state index contributed by atoms with van der Waals surface area (Å²) in [5.74, 6) is 3.55. The van der Waals surface area contributed by atoms with Gasteiger partial charge in [0.15, 0.2) is 0 Å². The van der Waals surface area contributed by atoms with Gasteiger partial charge in [0.05, 0.1) is 0 Å². The van der Waals surface area contributed by atoms with Crippen LogP contribution in [0.15, 0.2) is 0 Å². The Balaban J connectivity index is 1.81. The van der Waals surface area contributed by atoms with Crippen molar-refractivity contribution >= 4 is 17.7 Å². The number of likely N-dealkylation sites (tertiary alicyclic amines) is 1. The van der Waals surface area contributed by atoms with Gasteiger partial charge >= 0.3 is 0 Å². The van der Waals surface area contributed by atoms with Crippen molar-refractivity contribution < 1.29 is 4.79 Å². The van der Waals surface area contributed by atoms with Gasteiger partial charge < -0.3 is 10.6 Å². The summed E-state index contributed by atoms with van der Waals surface area (Å²) in [6, 6.07) is 0. The van der Waals surface area contributed by atoms with Crippen molar-refractivity contribution in [1.82, 2.24) is 4.90 Å². The largest absolute Gasteiger partial charge is 0.342 e. The first kappa shape index (κ1) is 11.3. The number of hydrogen-bond acceptors (Lipinski definition) is 3. The molecule has 2 fully saturated rings. The standard InChI is InChI=1S/C11H20N2OS/c12-7-9-1-4-13(5-2-9)11(14)10-3-6-15-8-10/h9-10H,1-8,12H2. The van der Waals surface area contributed by atoms with Gasteiger partial charge in [0.2, 0.25) is 5.91 Å². The lowest BCUT2D eigenvalue weighted by Crippen LogP contribution is -2.43. The molecule has 0 aromatic carbocycles. The Kier molecular flexibility index (Phi) is 3.92. The van der Waals surface area contributed by atoms with Gasteiger partial charge in [-0.05, 0) is 37.5 Å². The fourth-order valence-electron chi connectivity index (χ4n) is 2.38. The minimum atomic E-state index is 0.310. The second-order valence-electron chi connectivity index (χ2n) is 4.56. The molecule has 0 aromatic rings. The third-order valence-corrected chi connectivity index (χ3v) is 4.70. The molecule has 1 amide bonds. The first-order valence-corrected chi connectivity index (χ1v) is 7.03. The molecular formula is C11H20N2OS. The molecule has 15 heavy (non-hydrogen) atoms. The number of hydrogen-bond donors (Lipinski definition) is 1. The van der Waals surface area contributed by atoms with Crippen LogP contribution in [-0.2, 0) is 4.79 Å². The zero-order valence-electron chi connectivity index (χ0n) is 9.15. The minimum absolute atomic E-state index is 0.310. The molecule has 2 aliphatic rings. The summed E-state index contributed by atoms with van der Waals surface area (Å²) in [6.45, 7) is 2.64. The van der Waals surface area contributed by atoms with Crippen LogP contribution in [0, 0.1) is 11.8 Å². The maximum Gasteiger partial charge on any atom is 0.226 e. The molecule has 3 nitrogen and oxygen atoms in total. The molecule has 86 valence electrons. The van der Waals surface area contributed by atoms with Crippen molar-refractivity contribution in [2.45, 2.75) is 19.3 Å². The van der Waals surface area contributed by atoms with Gasteiger partial charge in [-0.25, -0.2) is 0 Å². The Morgan fingerprint density at radius 2 is 2.07 bits per heavy atom. The molecule has 0 saturated carbocycles. The number of nitrogens with zero attached hydrogens (tertiary/aromatic N) is 1. The fourth-order valence-corrected chi connectivity index (χ4v) is 3.59. The summed E-state index contributed by atoms with van der Waals surface area (Å²) < 4.78 is 0. The molecule has 1 unspecified atom stereocenters. The van der Waals surface area contributed by atoms with E-state index in [0.717, 1.165) is 50.4 Å². The molecule has 2 heterocycles. The van der Waals surface area contributed by atoms with E-state index in [1.54, 1.807) is 0 Å². The molecule has 2 aliphatic heterocycles. The summed E-state index contributed by atoms with van der Waals surface area (Å²) in [5.41, 5.74) is 5.64. The van der Waals surface area contributed by atoms with Crippen molar-refractivity contribution in [3.05, 3.63) is 0 Å². The summed E-state index contributed by atoms with van der Waals surface area (Å²) >= 11 is 1.91. The molecule has 4 heteroatoms. The highest BCUT2D eigenvalue weighted by Gasteiger charge is 2.29. The van der Waals surface area contributed by atoms with E-state index < -0.39 is 0 Å². The highest BCUT2D eigenvalue weighted by Crippen LogP contribution is 2.27. The van der Waals surface area contributed by atoms with E-state index in [2.05, 4.69) is 4.90 Å². The third kappa shape index (κ3) is 2.67. The van der Waals surface area contributed by atoms with Crippen LogP contribution >= 0.6 is 11.8 Å². The molecule has 0 radical (unpaired) electrons. The molecule has 0 spiro atoms. The Morgan fingerprint density at radius 1 is 1.33 bits per heavy atom. The monoisotopic (exact) mass is 228 g/mol. The van der Waals surface area contributed by atoms with Gasteiger partial charge in [-0.1, -0.05) is 0 Å². The van der Waals surface area contributed by atoms with Crippen LogP contribution in [0.2, 0.25) is 0 Å². The second-order valence-corrected chi connectivity index (χ2v) is 5.71. The van der Waals surface area contributed by atoms with E-state index in [9.17, 15) is 4.79 Å². The van der Waals surface area contributed by atoms with Gasteiger partial charge in [0.1, 0.15) is 0 Å². The lowest BCUT2D eigenvalue weighted by molar-refractivity contribution is -0.136. The number of thioether (sulfide) groups is 1. The van der Waals surface area contributed by atoms with Crippen molar-refractivity contribution in [3.63, 3.8) is 0 Å². The van der Waals surface area contributed by atoms with E-state index in [-0.39, 0.29) is 0 Å². The molecule has 0 bridgehead atoms. The average molecular weight is 228 g/mol. The van der Waals surface area contributed by atoms with E-state index >= 15 is 0 Å². The molecule has 0 aromatic heterocycles. The summed E-state index contributed by atoms with van der Waals surface area (Å²) in [6.07, 6.45) is 3.28. The quantitative estimate of drug-likeness (QED) is 0.765. The summed E-state index contributed by atoms with van der Waals surface area (Å²) in [7, 11) is 0. The highest BCUT2D eigenvalue weighted by molar-refractivity contribution is 7.99. The fraction of sp³-hybridized carbons (Fsp3) is 0.909. The molecule has 1 atom stereocenters. The number of rotatable bonds is 2. The lowest BCUT2D eigenvalue weighted by Gasteiger charge is -2.32. The number of carbonyl (C=O) groups is 1. The Hall–Kier alpha value is -0.220. The number of nitrogens with two attached hydrogens (primary N) is 1. The summed E-state index contributed by atoms with van der Waals surface area (Å²) in [4.78, 5) is 14.1. The molecular weight excluding hydrogens is 208 g/mol. The number of amides is 1. The minimum Gasteiger partial charge on any atom is -0.342 e.